The minimum atomic E-state index is 0.614. The number of fused-ring (bicyclic) bond motifs is 1. The lowest BCUT2D eigenvalue weighted by atomic mass is 10.2. The number of para-hydroxylation sites is 1. The molecule has 3 heteroatoms. The topological polar surface area (TPSA) is 45.9 Å². The van der Waals surface area contributed by atoms with E-state index >= 15 is 0 Å². The first-order chi connectivity index (χ1) is 9.36. The average molecular weight is 246 g/mol. The van der Waals surface area contributed by atoms with Crippen LogP contribution in [0.25, 0.3) is 10.9 Å². The van der Waals surface area contributed by atoms with Crippen molar-refractivity contribution in [2.45, 2.75) is 0 Å². The van der Waals surface area contributed by atoms with Gasteiger partial charge in [0.1, 0.15) is 11.3 Å². The van der Waals surface area contributed by atoms with E-state index in [-0.39, 0.29) is 0 Å². The third-order valence-electron chi connectivity index (χ3n) is 2.81. The second-order valence-electron chi connectivity index (χ2n) is 4.07. The van der Waals surface area contributed by atoms with Gasteiger partial charge in [0.2, 0.25) is 0 Å². The fraction of sp³-hybridized carbons (Fsp3) is 0. The average Bonchev–Trinajstić information content (AvgIpc) is 2.48. The highest BCUT2D eigenvalue weighted by atomic mass is 16.5. The molecule has 0 bridgehead atoms. The lowest BCUT2D eigenvalue weighted by molar-refractivity contribution is 0.487. The van der Waals surface area contributed by atoms with Crippen LogP contribution < -0.4 is 4.74 Å². The van der Waals surface area contributed by atoms with Crippen molar-refractivity contribution in [3.8, 4) is 17.6 Å². The Hall–Kier alpha value is -2.86. The maximum atomic E-state index is 8.76. The minimum absolute atomic E-state index is 0.614. The van der Waals surface area contributed by atoms with Gasteiger partial charge in [-0.05, 0) is 36.4 Å². The number of benzene rings is 2. The summed E-state index contributed by atoms with van der Waals surface area (Å²) in [6, 6.07) is 18.8. The first-order valence-corrected chi connectivity index (χ1v) is 5.88. The molecular weight excluding hydrogens is 236 g/mol. The number of nitrogens with zero attached hydrogens (tertiary/aromatic N) is 2. The summed E-state index contributed by atoms with van der Waals surface area (Å²) in [4.78, 5) is 4.33. The summed E-state index contributed by atoms with van der Waals surface area (Å²) in [6.45, 7) is 0. The molecule has 2 aromatic carbocycles. The van der Waals surface area contributed by atoms with Crippen molar-refractivity contribution in [1.82, 2.24) is 4.98 Å². The Labute approximate surface area is 110 Å². The van der Waals surface area contributed by atoms with Crippen LogP contribution in [-0.2, 0) is 0 Å². The van der Waals surface area contributed by atoms with Crippen LogP contribution in [0, 0.1) is 11.3 Å². The Kier molecular flexibility index (Phi) is 2.83. The Bertz CT molecular complexity index is 752. The predicted octanol–water partition coefficient (Wildman–Crippen LogP) is 3.90. The molecule has 0 radical (unpaired) electrons. The van der Waals surface area contributed by atoms with Gasteiger partial charge in [-0.1, -0.05) is 18.2 Å². The van der Waals surface area contributed by atoms with Crippen molar-refractivity contribution in [1.29, 1.82) is 5.26 Å². The standard InChI is InChI=1S/C16H10N2O/c17-11-12-6-8-14(9-7-12)19-15-5-1-3-13-4-2-10-18-16(13)15/h1-10H. The Morgan fingerprint density at radius 3 is 2.53 bits per heavy atom. The molecule has 90 valence electrons. The van der Waals surface area contributed by atoms with Crippen molar-refractivity contribution in [3.05, 3.63) is 66.4 Å². The van der Waals surface area contributed by atoms with E-state index in [1.54, 1.807) is 30.5 Å². The van der Waals surface area contributed by atoms with E-state index in [9.17, 15) is 0 Å². The van der Waals surface area contributed by atoms with Gasteiger partial charge in [0.25, 0.3) is 0 Å². The molecular formula is C16H10N2O. The van der Waals surface area contributed by atoms with Gasteiger partial charge in [-0.3, -0.25) is 4.98 Å². The van der Waals surface area contributed by atoms with Crippen molar-refractivity contribution < 1.29 is 4.74 Å². The highest BCUT2D eigenvalue weighted by Crippen LogP contribution is 2.28. The Morgan fingerprint density at radius 1 is 0.947 bits per heavy atom. The molecule has 1 aromatic heterocycles. The number of nitriles is 1. The summed E-state index contributed by atoms with van der Waals surface area (Å²) in [5.41, 5.74) is 1.44. The molecule has 0 amide bonds. The molecule has 3 rings (SSSR count). The minimum Gasteiger partial charge on any atom is -0.455 e. The number of rotatable bonds is 2. The third-order valence-corrected chi connectivity index (χ3v) is 2.81. The molecule has 3 aromatic rings. The number of aromatic nitrogens is 1. The maximum absolute atomic E-state index is 8.76. The fourth-order valence-corrected chi connectivity index (χ4v) is 1.88. The third kappa shape index (κ3) is 2.24. The van der Waals surface area contributed by atoms with E-state index in [2.05, 4.69) is 11.1 Å². The molecule has 0 N–H and O–H groups in total. The van der Waals surface area contributed by atoms with Gasteiger partial charge in [-0.25, -0.2) is 0 Å². The van der Waals surface area contributed by atoms with Crippen LogP contribution in [0.2, 0.25) is 0 Å². The zero-order valence-electron chi connectivity index (χ0n) is 10.1. The summed E-state index contributed by atoms with van der Waals surface area (Å²) in [7, 11) is 0. The van der Waals surface area contributed by atoms with Crippen LogP contribution in [0.3, 0.4) is 0 Å². The molecule has 0 aliphatic rings. The normalized spacial score (nSPS) is 10.1. The molecule has 0 unspecified atom stereocenters. The van der Waals surface area contributed by atoms with Gasteiger partial charge in [-0.15, -0.1) is 0 Å². The first-order valence-electron chi connectivity index (χ1n) is 5.88. The number of hydrogen-bond donors (Lipinski definition) is 0. The molecule has 19 heavy (non-hydrogen) atoms. The molecule has 0 aliphatic heterocycles. The van der Waals surface area contributed by atoms with Gasteiger partial charge in [-0.2, -0.15) is 5.26 Å². The van der Waals surface area contributed by atoms with E-state index in [0.29, 0.717) is 17.1 Å². The summed E-state index contributed by atoms with van der Waals surface area (Å²) in [5.74, 6) is 1.40. The zero-order chi connectivity index (χ0) is 13.1. The fourth-order valence-electron chi connectivity index (χ4n) is 1.88. The van der Waals surface area contributed by atoms with E-state index in [1.807, 2.05) is 30.3 Å². The summed E-state index contributed by atoms with van der Waals surface area (Å²) in [6.07, 6.45) is 1.74. The Morgan fingerprint density at radius 2 is 1.74 bits per heavy atom. The molecule has 1 heterocycles. The summed E-state index contributed by atoms with van der Waals surface area (Å²) >= 11 is 0. The molecule has 0 aliphatic carbocycles. The lowest BCUT2D eigenvalue weighted by Crippen LogP contribution is -1.87. The smallest absolute Gasteiger partial charge is 0.153 e. The maximum Gasteiger partial charge on any atom is 0.153 e. The van der Waals surface area contributed by atoms with Crippen LogP contribution in [0.4, 0.5) is 0 Å². The van der Waals surface area contributed by atoms with Crippen LogP contribution >= 0.6 is 0 Å². The van der Waals surface area contributed by atoms with Crippen LogP contribution in [0.15, 0.2) is 60.8 Å². The van der Waals surface area contributed by atoms with E-state index in [1.165, 1.54) is 0 Å². The van der Waals surface area contributed by atoms with Crippen molar-refractivity contribution in [2.75, 3.05) is 0 Å². The van der Waals surface area contributed by atoms with E-state index in [0.717, 1.165) is 10.9 Å². The monoisotopic (exact) mass is 246 g/mol. The molecule has 0 fully saturated rings. The second-order valence-corrected chi connectivity index (χ2v) is 4.07. The van der Waals surface area contributed by atoms with Crippen LogP contribution in [0.1, 0.15) is 5.56 Å². The molecule has 0 spiro atoms. The van der Waals surface area contributed by atoms with Crippen LogP contribution in [-0.4, -0.2) is 4.98 Å². The SMILES string of the molecule is N#Cc1ccc(Oc2cccc3cccnc23)cc1. The number of pyridine rings is 1. The lowest BCUT2D eigenvalue weighted by Gasteiger charge is -2.07. The molecule has 3 nitrogen and oxygen atoms in total. The van der Waals surface area contributed by atoms with Gasteiger partial charge < -0.3 is 4.74 Å². The van der Waals surface area contributed by atoms with Gasteiger partial charge in [0.15, 0.2) is 5.75 Å². The highest BCUT2D eigenvalue weighted by molar-refractivity contribution is 5.84. The predicted molar refractivity (Wildman–Crippen MR) is 73.0 cm³/mol. The summed E-state index contributed by atoms with van der Waals surface area (Å²) < 4.78 is 5.82. The van der Waals surface area contributed by atoms with Crippen molar-refractivity contribution in [2.24, 2.45) is 0 Å². The quantitative estimate of drug-likeness (QED) is 0.688. The van der Waals surface area contributed by atoms with Crippen molar-refractivity contribution in [3.63, 3.8) is 0 Å². The van der Waals surface area contributed by atoms with E-state index < -0.39 is 0 Å². The highest BCUT2D eigenvalue weighted by Gasteiger charge is 2.04. The first kappa shape index (κ1) is 11.2. The van der Waals surface area contributed by atoms with Gasteiger partial charge >= 0.3 is 0 Å². The Balaban J connectivity index is 1.99. The zero-order valence-corrected chi connectivity index (χ0v) is 10.1. The van der Waals surface area contributed by atoms with Crippen molar-refractivity contribution >= 4 is 10.9 Å². The molecule has 0 saturated carbocycles. The van der Waals surface area contributed by atoms with Crippen LogP contribution in [0.5, 0.6) is 11.5 Å². The van der Waals surface area contributed by atoms with Gasteiger partial charge in [0.05, 0.1) is 11.6 Å². The molecule has 0 atom stereocenters. The largest absolute Gasteiger partial charge is 0.455 e. The number of ether oxygens (including phenoxy) is 1. The van der Waals surface area contributed by atoms with E-state index in [4.69, 9.17) is 10.00 Å². The number of hydrogen-bond acceptors (Lipinski definition) is 3. The van der Waals surface area contributed by atoms with Gasteiger partial charge in [0, 0.05) is 11.6 Å². The molecule has 0 saturated heterocycles. The summed E-state index contributed by atoms with van der Waals surface area (Å²) in [5, 5.41) is 9.79. The second kappa shape index (κ2) is 4.79.